The van der Waals surface area contributed by atoms with Crippen LogP contribution in [0.1, 0.15) is 61.3 Å². The maximum Gasteiger partial charge on any atom is 0.252 e. The Morgan fingerprint density at radius 2 is 1.73 bits per heavy atom. The molecule has 0 aliphatic carbocycles. The zero-order valence-electron chi connectivity index (χ0n) is 20.3. The molecule has 176 valence electrons. The van der Waals surface area contributed by atoms with Crippen LogP contribution in [0.3, 0.4) is 0 Å². The van der Waals surface area contributed by atoms with Crippen LogP contribution >= 0.6 is 0 Å². The molecule has 1 amide bonds. The predicted molar refractivity (Wildman–Crippen MR) is 132 cm³/mol. The average molecular weight is 449 g/mol. The summed E-state index contributed by atoms with van der Waals surface area (Å²) in [4.78, 5) is 22.8. The summed E-state index contributed by atoms with van der Waals surface area (Å²) in [5.74, 6) is 0.193. The maximum atomic E-state index is 13.1. The molecule has 0 bridgehead atoms. The monoisotopic (exact) mass is 448 g/mol. The fourth-order valence-electron chi connectivity index (χ4n) is 4.33. The second-order valence-corrected chi connectivity index (χ2v) is 9.53. The van der Waals surface area contributed by atoms with Crippen molar-refractivity contribution < 1.29 is 4.79 Å². The lowest BCUT2D eigenvalue weighted by Gasteiger charge is -2.34. The molecule has 4 rings (SSSR count). The molecule has 1 aliphatic heterocycles. The number of fused-ring (bicyclic) bond motifs is 1. The van der Waals surface area contributed by atoms with E-state index < -0.39 is 0 Å². The van der Waals surface area contributed by atoms with Gasteiger partial charge in [0.2, 0.25) is 0 Å². The van der Waals surface area contributed by atoms with Gasteiger partial charge in [0.25, 0.3) is 5.91 Å². The van der Waals surface area contributed by atoms with Gasteiger partial charge in [0.15, 0.2) is 5.65 Å². The number of piperazine rings is 1. The third-order valence-corrected chi connectivity index (χ3v) is 6.34. The second kappa shape index (κ2) is 10.4. The van der Waals surface area contributed by atoms with Gasteiger partial charge < -0.3 is 5.32 Å². The van der Waals surface area contributed by atoms with Gasteiger partial charge in [0, 0.05) is 57.5 Å². The minimum Gasteiger partial charge on any atom is -0.351 e. The van der Waals surface area contributed by atoms with Crippen molar-refractivity contribution in [2.24, 2.45) is 0 Å². The molecule has 1 saturated heterocycles. The summed E-state index contributed by atoms with van der Waals surface area (Å²) in [5.41, 5.74) is 3.74. The highest BCUT2D eigenvalue weighted by atomic mass is 16.1. The van der Waals surface area contributed by atoms with E-state index in [4.69, 9.17) is 4.98 Å². The minimum atomic E-state index is -0.0460. The molecule has 1 aliphatic rings. The third-order valence-electron chi connectivity index (χ3n) is 6.34. The molecule has 7 heteroatoms. The molecular formula is C26H36N6O. The molecule has 3 heterocycles. The fraction of sp³-hybridized carbons (Fsp3) is 0.500. The number of nitrogens with one attached hydrogen (secondary N) is 1. The SMILES string of the molecule is CC(C)c1cc(C(=O)NCCN2CCN(Cc3ccccc3)CC2)c2cnn(C(C)C)c2n1. The summed E-state index contributed by atoms with van der Waals surface area (Å²) in [6, 6.07) is 12.8. The highest BCUT2D eigenvalue weighted by Crippen LogP contribution is 2.24. The van der Waals surface area contributed by atoms with E-state index in [1.165, 1.54) is 5.56 Å². The Kier molecular flexibility index (Phi) is 7.40. The van der Waals surface area contributed by atoms with Gasteiger partial charge in [-0.1, -0.05) is 44.2 Å². The number of rotatable bonds is 8. The van der Waals surface area contributed by atoms with Crippen LogP contribution in [0.5, 0.6) is 0 Å². The van der Waals surface area contributed by atoms with Crippen LogP contribution in [0.25, 0.3) is 11.0 Å². The topological polar surface area (TPSA) is 66.3 Å². The quantitative estimate of drug-likeness (QED) is 0.569. The highest BCUT2D eigenvalue weighted by molar-refractivity contribution is 6.05. The van der Waals surface area contributed by atoms with Crippen LogP contribution in [-0.2, 0) is 6.54 Å². The van der Waals surface area contributed by atoms with E-state index in [0.29, 0.717) is 12.1 Å². The Balaban J connectivity index is 1.33. The predicted octanol–water partition coefficient (Wildman–Crippen LogP) is 3.68. The Hall–Kier alpha value is -2.77. The van der Waals surface area contributed by atoms with Crippen LogP contribution in [0.4, 0.5) is 0 Å². The summed E-state index contributed by atoms with van der Waals surface area (Å²) >= 11 is 0. The largest absolute Gasteiger partial charge is 0.351 e. The fourth-order valence-corrected chi connectivity index (χ4v) is 4.33. The Labute approximate surface area is 196 Å². The highest BCUT2D eigenvalue weighted by Gasteiger charge is 2.20. The van der Waals surface area contributed by atoms with Gasteiger partial charge in [-0.05, 0) is 31.4 Å². The lowest BCUT2D eigenvalue weighted by atomic mass is 10.0. The minimum absolute atomic E-state index is 0.0460. The van der Waals surface area contributed by atoms with E-state index in [-0.39, 0.29) is 17.9 Å². The van der Waals surface area contributed by atoms with Gasteiger partial charge >= 0.3 is 0 Å². The first kappa shape index (κ1) is 23.4. The maximum absolute atomic E-state index is 13.1. The first-order valence-corrected chi connectivity index (χ1v) is 12.1. The summed E-state index contributed by atoms with van der Waals surface area (Å²) in [6.45, 7) is 15.0. The summed E-state index contributed by atoms with van der Waals surface area (Å²) in [5, 5.41) is 8.44. The first-order valence-electron chi connectivity index (χ1n) is 12.1. The molecule has 1 N–H and O–H groups in total. The van der Waals surface area contributed by atoms with E-state index in [2.05, 4.69) is 78.2 Å². The van der Waals surface area contributed by atoms with Gasteiger partial charge in [-0.3, -0.25) is 14.6 Å². The normalized spacial score (nSPS) is 15.6. The van der Waals surface area contributed by atoms with Crippen molar-refractivity contribution in [3.63, 3.8) is 0 Å². The number of benzene rings is 1. The van der Waals surface area contributed by atoms with Gasteiger partial charge in [-0.25, -0.2) is 9.67 Å². The number of nitrogens with zero attached hydrogens (tertiary/aromatic N) is 5. The second-order valence-electron chi connectivity index (χ2n) is 9.53. The van der Waals surface area contributed by atoms with E-state index in [1.54, 1.807) is 6.20 Å². The van der Waals surface area contributed by atoms with Crippen molar-refractivity contribution in [1.29, 1.82) is 0 Å². The van der Waals surface area contributed by atoms with Crippen LogP contribution in [0, 0.1) is 0 Å². The van der Waals surface area contributed by atoms with Crippen molar-refractivity contribution in [3.05, 3.63) is 59.4 Å². The summed E-state index contributed by atoms with van der Waals surface area (Å²) in [6.07, 6.45) is 1.77. The number of hydrogen-bond acceptors (Lipinski definition) is 5. The van der Waals surface area contributed by atoms with Crippen molar-refractivity contribution in [1.82, 2.24) is 29.9 Å². The van der Waals surface area contributed by atoms with Crippen molar-refractivity contribution in [3.8, 4) is 0 Å². The molecule has 33 heavy (non-hydrogen) atoms. The zero-order valence-corrected chi connectivity index (χ0v) is 20.3. The van der Waals surface area contributed by atoms with Crippen molar-refractivity contribution >= 4 is 16.9 Å². The average Bonchev–Trinajstić information content (AvgIpc) is 3.24. The summed E-state index contributed by atoms with van der Waals surface area (Å²) < 4.78 is 1.90. The van der Waals surface area contributed by atoms with Crippen LogP contribution in [0.15, 0.2) is 42.6 Å². The van der Waals surface area contributed by atoms with Crippen LogP contribution in [-0.4, -0.2) is 69.7 Å². The standard InChI is InChI=1S/C26H36N6O/c1-19(2)24-16-22(23-17-28-32(20(3)4)25(23)29-24)26(33)27-10-11-30-12-14-31(15-13-30)18-21-8-6-5-7-9-21/h5-9,16-17,19-20H,10-15,18H2,1-4H3,(H,27,33). The third kappa shape index (κ3) is 5.60. The number of aromatic nitrogens is 3. The molecule has 2 aromatic heterocycles. The molecule has 0 radical (unpaired) electrons. The van der Waals surface area contributed by atoms with E-state index in [0.717, 1.165) is 56.0 Å². The molecule has 0 spiro atoms. The lowest BCUT2D eigenvalue weighted by molar-refractivity contribution is 0.0935. The number of carbonyl (C=O) groups excluding carboxylic acids is 1. The lowest BCUT2D eigenvalue weighted by Crippen LogP contribution is -2.48. The van der Waals surface area contributed by atoms with Crippen molar-refractivity contribution in [2.45, 2.75) is 46.2 Å². The number of hydrogen-bond donors (Lipinski definition) is 1. The smallest absolute Gasteiger partial charge is 0.252 e. The summed E-state index contributed by atoms with van der Waals surface area (Å²) in [7, 11) is 0. The molecule has 7 nitrogen and oxygen atoms in total. The molecule has 0 unspecified atom stereocenters. The molecule has 0 atom stereocenters. The van der Waals surface area contributed by atoms with Gasteiger partial charge in [-0.15, -0.1) is 0 Å². The number of pyridine rings is 1. The molecule has 3 aromatic rings. The van der Waals surface area contributed by atoms with Crippen molar-refractivity contribution in [2.75, 3.05) is 39.3 Å². The van der Waals surface area contributed by atoms with Gasteiger partial charge in [0.1, 0.15) is 0 Å². The van der Waals surface area contributed by atoms with Crippen LogP contribution < -0.4 is 5.32 Å². The molecule has 1 aromatic carbocycles. The number of amides is 1. The number of carbonyl (C=O) groups is 1. The Morgan fingerprint density at radius 1 is 1.03 bits per heavy atom. The van der Waals surface area contributed by atoms with E-state index in [1.807, 2.05) is 10.7 Å². The molecule has 0 saturated carbocycles. The van der Waals surface area contributed by atoms with Gasteiger partial charge in [-0.2, -0.15) is 5.10 Å². The first-order chi connectivity index (χ1) is 15.9. The van der Waals surface area contributed by atoms with Gasteiger partial charge in [0.05, 0.1) is 17.1 Å². The molecular weight excluding hydrogens is 412 g/mol. The van der Waals surface area contributed by atoms with Crippen LogP contribution in [0.2, 0.25) is 0 Å². The van der Waals surface area contributed by atoms with E-state index >= 15 is 0 Å². The molecule has 1 fully saturated rings. The zero-order chi connectivity index (χ0) is 23.4. The Morgan fingerprint density at radius 3 is 2.39 bits per heavy atom. The Bertz CT molecular complexity index is 1070. The van der Waals surface area contributed by atoms with E-state index in [9.17, 15) is 4.79 Å².